The molecule has 0 aliphatic carbocycles. The number of nitrogens with one attached hydrogen (secondary N) is 1. The number of methoxy groups -OCH3 is 1. The number of carbonyl (C=O) groups is 1. The minimum absolute atomic E-state index is 0.00864. The van der Waals surface area contributed by atoms with Crippen molar-refractivity contribution in [2.24, 2.45) is 0 Å². The van der Waals surface area contributed by atoms with Gasteiger partial charge in [0.2, 0.25) is 0 Å². The molecule has 0 saturated heterocycles. The molecule has 0 aliphatic heterocycles. The summed E-state index contributed by atoms with van der Waals surface area (Å²) in [4.78, 5) is 12.2. The summed E-state index contributed by atoms with van der Waals surface area (Å²) in [6.07, 6.45) is 0. The van der Waals surface area contributed by atoms with Gasteiger partial charge in [0.1, 0.15) is 11.5 Å². The fourth-order valence-corrected chi connectivity index (χ4v) is 2.17. The van der Waals surface area contributed by atoms with Gasteiger partial charge in [-0.3, -0.25) is 4.79 Å². The van der Waals surface area contributed by atoms with Gasteiger partial charge in [-0.25, -0.2) is 0 Å². The fourth-order valence-electron chi connectivity index (χ4n) is 2.17. The Balaban J connectivity index is 2.06. The van der Waals surface area contributed by atoms with Crippen molar-refractivity contribution in [3.8, 4) is 11.5 Å². The van der Waals surface area contributed by atoms with Crippen molar-refractivity contribution >= 4 is 5.91 Å². The van der Waals surface area contributed by atoms with E-state index in [1.54, 1.807) is 7.11 Å². The molecule has 0 aliphatic rings. The summed E-state index contributed by atoms with van der Waals surface area (Å²) in [7, 11) is 1.56. The van der Waals surface area contributed by atoms with E-state index in [9.17, 15) is 13.6 Å². The maximum absolute atomic E-state index is 12.2. The van der Waals surface area contributed by atoms with Gasteiger partial charge in [-0.2, -0.15) is 8.78 Å². The lowest BCUT2D eigenvalue weighted by Gasteiger charge is -2.17. The molecule has 2 aromatic rings. The highest BCUT2D eigenvalue weighted by molar-refractivity contribution is 5.94. The molecule has 122 valence electrons. The number of benzene rings is 2. The highest BCUT2D eigenvalue weighted by Gasteiger charge is 2.15. The van der Waals surface area contributed by atoms with Gasteiger partial charge in [-0.1, -0.05) is 18.2 Å². The number of amides is 1. The van der Waals surface area contributed by atoms with E-state index in [1.165, 1.54) is 24.3 Å². The average Bonchev–Trinajstić information content (AvgIpc) is 2.54. The maximum atomic E-state index is 12.2. The number of para-hydroxylation sites is 1. The van der Waals surface area contributed by atoms with Crippen LogP contribution in [0.4, 0.5) is 8.78 Å². The molecule has 0 bridgehead atoms. The predicted molar refractivity (Wildman–Crippen MR) is 81.9 cm³/mol. The highest BCUT2D eigenvalue weighted by Crippen LogP contribution is 2.24. The Labute approximate surface area is 133 Å². The molecule has 0 fully saturated rings. The lowest BCUT2D eigenvalue weighted by atomic mass is 10.1. The van der Waals surface area contributed by atoms with Crippen LogP contribution in [0.5, 0.6) is 11.5 Å². The Kier molecular flexibility index (Phi) is 5.51. The number of hydrogen-bond donors (Lipinski definition) is 1. The Hall–Kier alpha value is -2.63. The molecule has 0 aromatic heterocycles. The van der Waals surface area contributed by atoms with Gasteiger partial charge in [-0.05, 0) is 37.3 Å². The molecule has 0 radical (unpaired) electrons. The SMILES string of the molecule is COc1ccccc1C(C)NC(=O)c1ccc(OC(F)F)cc1. The van der Waals surface area contributed by atoms with Crippen molar-refractivity contribution in [2.45, 2.75) is 19.6 Å². The summed E-state index contributed by atoms with van der Waals surface area (Å²) in [6, 6.07) is 12.6. The number of alkyl halides is 2. The first-order valence-corrected chi connectivity index (χ1v) is 7.00. The van der Waals surface area contributed by atoms with Crippen LogP contribution in [-0.2, 0) is 0 Å². The number of halogens is 2. The second kappa shape index (κ2) is 7.58. The van der Waals surface area contributed by atoms with Crippen LogP contribution in [0.25, 0.3) is 0 Å². The van der Waals surface area contributed by atoms with Crippen LogP contribution in [0.1, 0.15) is 28.9 Å². The standard InChI is InChI=1S/C17H17F2NO3/c1-11(14-5-3-4-6-15(14)22-2)20-16(21)12-7-9-13(10-8-12)23-17(18)19/h3-11,17H,1-2H3,(H,20,21). The molecule has 0 spiro atoms. The summed E-state index contributed by atoms with van der Waals surface area (Å²) < 4.78 is 33.7. The zero-order valence-corrected chi connectivity index (χ0v) is 12.8. The molecule has 0 heterocycles. The monoisotopic (exact) mass is 321 g/mol. The average molecular weight is 321 g/mol. The number of ether oxygens (including phenoxy) is 2. The first-order valence-electron chi connectivity index (χ1n) is 7.00. The van der Waals surface area contributed by atoms with Crippen LogP contribution >= 0.6 is 0 Å². The second-order valence-electron chi connectivity index (χ2n) is 4.84. The first-order chi connectivity index (χ1) is 11.0. The van der Waals surface area contributed by atoms with Crippen LogP contribution in [-0.4, -0.2) is 19.6 Å². The lowest BCUT2D eigenvalue weighted by Crippen LogP contribution is -2.26. The Morgan fingerprint density at radius 1 is 1.09 bits per heavy atom. The summed E-state index contributed by atoms with van der Waals surface area (Å²) in [5.74, 6) is 0.377. The van der Waals surface area contributed by atoms with Gasteiger partial charge in [0, 0.05) is 11.1 Å². The molecule has 1 N–H and O–H groups in total. The van der Waals surface area contributed by atoms with E-state index >= 15 is 0 Å². The maximum Gasteiger partial charge on any atom is 0.387 e. The number of carbonyl (C=O) groups excluding carboxylic acids is 1. The van der Waals surface area contributed by atoms with Gasteiger partial charge in [0.05, 0.1) is 13.2 Å². The van der Waals surface area contributed by atoms with Gasteiger partial charge in [-0.15, -0.1) is 0 Å². The third kappa shape index (κ3) is 4.42. The third-order valence-corrected chi connectivity index (χ3v) is 3.29. The van der Waals surface area contributed by atoms with E-state index in [1.807, 2.05) is 31.2 Å². The van der Waals surface area contributed by atoms with E-state index < -0.39 is 6.61 Å². The topological polar surface area (TPSA) is 47.6 Å². The Morgan fingerprint density at radius 3 is 2.35 bits per heavy atom. The largest absolute Gasteiger partial charge is 0.496 e. The second-order valence-corrected chi connectivity index (χ2v) is 4.84. The van der Waals surface area contributed by atoms with E-state index in [0.717, 1.165) is 5.56 Å². The molecule has 1 atom stereocenters. The summed E-state index contributed by atoms with van der Waals surface area (Å²) >= 11 is 0. The first kappa shape index (κ1) is 16.7. The highest BCUT2D eigenvalue weighted by atomic mass is 19.3. The van der Waals surface area contributed by atoms with Gasteiger partial charge in [0.25, 0.3) is 5.91 Å². The quantitative estimate of drug-likeness (QED) is 0.880. The summed E-state index contributed by atoms with van der Waals surface area (Å²) in [5, 5.41) is 2.84. The Bertz CT molecular complexity index is 659. The summed E-state index contributed by atoms with van der Waals surface area (Å²) in [5.41, 5.74) is 1.20. The van der Waals surface area contributed by atoms with Crippen LogP contribution in [0.3, 0.4) is 0 Å². The van der Waals surface area contributed by atoms with Crippen LogP contribution in [0, 0.1) is 0 Å². The predicted octanol–water partition coefficient (Wildman–Crippen LogP) is 3.79. The van der Waals surface area contributed by atoms with E-state index in [0.29, 0.717) is 11.3 Å². The smallest absolute Gasteiger partial charge is 0.387 e. The zero-order chi connectivity index (χ0) is 16.8. The Morgan fingerprint density at radius 2 is 1.74 bits per heavy atom. The molecule has 1 unspecified atom stereocenters. The molecular weight excluding hydrogens is 304 g/mol. The molecule has 4 nitrogen and oxygen atoms in total. The van der Waals surface area contributed by atoms with E-state index in [4.69, 9.17) is 4.74 Å². The molecule has 0 saturated carbocycles. The summed E-state index contributed by atoms with van der Waals surface area (Å²) in [6.45, 7) is -1.05. The minimum Gasteiger partial charge on any atom is -0.496 e. The van der Waals surface area contributed by atoms with Crippen molar-refractivity contribution in [1.29, 1.82) is 0 Å². The van der Waals surface area contributed by atoms with Crippen molar-refractivity contribution in [2.75, 3.05) is 7.11 Å². The van der Waals surface area contributed by atoms with E-state index in [-0.39, 0.29) is 17.7 Å². The van der Waals surface area contributed by atoms with Gasteiger partial charge in [0.15, 0.2) is 0 Å². The van der Waals surface area contributed by atoms with Crippen molar-refractivity contribution in [1.82, 2.24) is 5.32 Å². The molecule has 6 heteroatoms. The fraction of sp³-hybridized carbons (Fsp3) is 0.235. The van der Waals surface area contributed by atoms with E-state index in [2.05, 4.69) is 10.1 Å². The molecule has 2 rings (SSSR count). The zero-order valence-electron chi connectivity index (χ0n) is 12.8. The molecule has 2 aromatic carbocycles. The van der Waals surface area contributed by atoms with Gasteiger partial charge >= 0.3 is 6.61 Å². The number of hydrogen-bond acceptors (Lipinski definition) is 3. The molecule has 1 amide bonds. The molecular formula is C17H17F2NO3. The normalized spacial score (nSPS) is 11.9. The number of rotatable bonds is 6. The van der Waals surface area contributed by atoms with Crippen molar-refractivity contribution in [3.05, 3.63) is 59.7 Å². The van der Waals surface area contributed by atoms with Crippen molar-refractivity contribution < 1.29 is 23.0 Å². The van der Waals surface area contributed by atoms with Crippen LogP contribution < -0.4 is 14.8 Å². The van der Waals surface area contributed by atoms with Gasteiger partial charge < -0.3 is 14.8 Å². The van der Waals surface area contributed by atoms with Crippen LogP contribution in [0.2, 0.25) is 0 Å². The van der Waals surface area contributed by atoms with Crippen molar-refractivity contribution in [3.63, 3.8) is 0 Å². The third-order valence-electron chi connectivity index (χ3n) is 3.29. The molecule has 23 heavy (non-hydrogen) atoms. The van der Waals surface area contributed by atoms with Crippen LogP contribution in [0.15, 0.2) is 48.5 Å². The lowest BCUT2D eigenvalue weighted by molar-refractivity contribution is -0.0498. The minimum atomic E-state index is -2.89.